The molecule has 0 spiro atoms. The number of thiazole rings is 1. The zero-order valence-electron chi connectivity index (χ0n) is 13.4. The molecule has 0 fully saturated rings. The quantitative estimate of drug-likeness (QED) is 0.523. The molecule has 0 atom stereocenters. The number of hydrogen-bond donors (Lipinski definition) is 0. The Hall–Kier alpha value is -2.00. The van der Waals surface area contributed by atoms with Crippen LogP contribution < -0.4 is 4.74 Å². The second-order valence-corrected chi connectivity index (χ2v) is 8.29. The Morgan fingerprint density at radius 3 is 2.71 bits per heavy atom. The molecule has 1 aromatic heterocycles. The van der Waals surface area contributed by atoms with E-state index in [1.165, 1.54) is 36.6 Å². The van der Waals surface area contributed by atoms with Gasteiger partial charge in [-0.2, -0.15) is 0 Å². The fourth-order valence-corrected chi connectivity index (χ4v) is 4.64. The topological polar surface area (TPSA) is 99.4 Å². The average molecular weight is 370 g/mol. The van der Waals surface area contributed by atoms with Crippen LogP contribution in [0.2, 0.25) is 0 Å². The molecule has 0 saturated heterocycles. The normalized spacial score (nSPS) is 11.4. The molecule has 1 heterocycles. The number of nitro benzene ring substituents is 1. The van der Waals surface area contributed by atoms with Crippen LogP contribution in [0, 0.1) is 10.1 Å². The van der Waals surface area contributed by atoms with Crippen molar-refractivity contribution in [2.75, 3.05) is 7.11 Å². The van der Waals surface area contributed by atoms with E-state index in [-0.39, 0.29) is 22.9 Å². The number of hydrogen-bond acceptors (Lipinski definition) is 7. The zero-order chi connectivity index (χ0) is 17.7. The van der Waals surface area contributed by atoms with E-state index in [1.807, 2.05) is 6.92 Å². The molecule has 1 aromatic carbocycles. The Bertz CT molecular complexity index is 830. The molecule has 2 rings (SSSR count). The Balaban J connectivity index is 2.16. The number of ether oxygens (including phenoxy) is 1. The maximum atomic E-state index is 12.3. The molecule has 9 heteroatoms. The van der Waals surface area contributed by atoms with E-state index in [0.717, 1.165) is 17.8 Å². The van der Waals surface area contributed by atoms with Gasteiger partial charge in [-0.25, -0.2) is 13.4 Å². The van der Waals surface area contributed by atoms with Gasteiger partial charge in [0.05, 0.1) is 34.2 Å². The molecule has 0 bridgehead atoms. The summed E-state index contributed by atoms with van der Waals surface area (Å²) in [6, 6.07) is 4.16. The summed E-state index contributed by atoms with van der Waals surface area (Å²) in [5.74, 6) is -0.351. The number of aromatic nitrogens is 1. The molecule has 24 heavy (non-hydrogen) atoms. The van der Waals surface area contributed by atoms with Crippen LogP contribution in [0.4, 0.5) is 5.69 Å². The van der Waals surface area contributed by atoms with Crippen LogP contribution in [-0.4, -0.2) is 25.4 Å². The number of sulfone groups is 1. The second-order valence-electron chi connectivity index (χ2n) is 5.28. The van der Waals surface area contributed by atoms with Crippen molar-refractivity contribution in [2.45, 2.75) is 31.3 Å². The molecule has 130 valence electrons. The largest absolute Gasteiger partial charge is 0.490 e. The first-order chi connectivity index (χ1) is 11.3. The van der Waals surface area contributed by atoms with Crippen molar-refractivity contribution in [3.63, 3.8) is 0 Å². The fourth-order valence-electron chi connectivity index (χ4n) is 2.24. The highest BCUT2D eigenvalue weighted by Crippen LogP contribution is 2.28. The van der Waals surface area contributed by atoms with Crippen LogP contribution in [-0.2, 0) is 27.8 Å². The molecule has 0 unspecified atom stereocenters. The average Bonchev–Trinajstić information content (AvgIpc) is 2.93. The summed E-state index contributed by atoms with van der Waals surface area (Å²) in [5, 5.41) is 13.7. The van der Waals surface area contributed by atoms with Crippen LogP contribution in [0.5, 0.6) is 5.75 Å². The minimum atomic E-state index is -3.47. The lowest BCUT2D eigenvalue weighted by Gasteiger charge is -2.06. The van der Waals surface area contributed by atoms with Crippen LogP contribution in [0.1, 0.15) is 29.6 Å². The van der Waals surface area contributed by atoms with Gasteiger partial charge in [0, 0.05) is 11.4 Å². The van der Waals surface area contributed by atoms with E-state index in [0.29, 0.717) is 11.3 Å². The van der Waals surface area contributed by atoms with Gasteiger partial charge in [0.25, 0.3) is 0 Å². The lowest BCUT2D eigenvalue weighted by molar-refractivity contribution is -0.385. The molecule has 0 aliphatic heterocycles. The van der Waals surface area contributed by atoms with Crippen LogP contribution in [0.15, 0.2) is 23.6 Å². The maximum Gasteiger partial charge on any atom is 0.311 e. The number of benzene rings is 1. The van der Waals surface area contributed by atoms with Gasteiger partial charge in [0.2, 0.25) is 0 Å². The summed E-state index contributed by atoms with van der Waals surface area (Å²) >= 11 is 1.45. The highest BCUT2D eigenvalue weighted by Gasteiger charge is 2.20. The van der Waals surface area contributed by atoms with Crippen molar-refractivity contribution in [1.29, 1.82) is 0 Å². The standard InChI is InChI=1S/C15H18N2O5S2/c1-3-4-15-16-12(8-23-15)10-24(20,21)9-11-5-6-14(22-2)13(7-11)17(18)19/h5-8H,3-4,9-10H2,1-2H3. The summed E-state index contributed by atoms with van der Waals surface area (Å²) in [7, 11) is -2.14. The molecule has 0 amide bonds. The summed E-state index contributed by atoms with van der Waals surface area (Å²) in [6.45, 7) is 2.04. The lowest BCUT2D eigenvalue weighted by Crippen LogP contribution is -2.08. The van der Waals surface area contributed by atoms with Crippen LogP contribution >= 0.6 is 11.3 Å². The first-order valence-electron chi connectivity index (χ1n) is 7.29. The van der Waals surface area contributed by atoms with Crippen molar-refractivity contribution in [3.05, 3.63) is 50.0 Å². The van der Waals surface area contributed by atoms with E-state index in [1.54, 1.807) is 5.38 Å². The lowest BCUT2D eigenvalue weighted by atomic mass is 10.2. The summed E-state index contributed by atoms with van der Waals surface area (Å²) in [4.78, 5) is 14.7. The third-order valence-electron chi connectivity index (χ3n) is 3.26. The minimum Gasteiger partial charge on any atom is -0.490 e. The first-order valence-corrected chi connectivity index (χ1v) is 9.99. The third-order valence-corrected chi connectivity index (χ3v) is 5.72. The molecule has 0 radical (unpaired) electrons. The SMILES string of the molecule is CCCc1nc(CS(=O)(=O)Cc2ccc(OC)c([N+](=O)[O-])c2)cs1. The molecular weight excluding hydrogens is 352 g/mol. The predicted octanol–water partition coefficient (Wildman–Crippen LogP) is 3.13. The Kier molecular flexibility index (Phi) is 5.89. The number of aryl methyl sites for hydroxylation is 1. The highest BCUT2D eigenvalue weighted by atomic mass is 32.2. The van der Waals surface area contributed by atoms with Gasteiger partial charge in [-0.05, 0) is 24.5 Å². The highest BCUT2D eigenvalue weighted by molar-refractivity contribution is 7.89. The van der Waals surface area contributed by atoms with Gasteiger partial charge >= 0.3 is 5.69 Å². The number of methoxy groups -OCH3 is 1. The van der Waals surface area contributed by atoms with E-state index < -0.39 is 14.8 Å². The Morgan fingerprint density at radius 2 is 2.08 bits per heavy atom. The number of nitrogens with zero attached hydrogens (tertiary/aromatic N) is 2. The Morgan fingerprint density at radius 1 is 1.33 bits per heavy atom. The fraction of sp³-hybridized carbons (Fsp3) is 0.400. The van der Waals surface area contributed by atoms with Crippen molar-refractivity contribution < 1.29 is 18.1 Å². The van der Waals surface area contributed by atoms with Crippen molar-refractivity contribution in [3.8, 4) is 5.75 Å². The number of nitro groups is 1. The van der Waals surface area contributed by atoms with Gasteiger partial charge in [-0.3, -0.25) is 10.1 Å². The summed E-state index contributed by atoms with van der Waals surface area (Å²) < 4.78 is 29.6. The van der Waals surface area contributed by atoms with E-state index in [9.17, 15) is 18.5 Å². The Labute approximate surface area is 144 Å². The van der Waals surface area contributed by atoms with Gasteiger partial charge in [0.15, 0.2) is 15.6 Å². The van der Waals surface area contributed by atoms with Crippen molar-refractivity contribution in [1.82, 2.24) is 4.98 Å². The zero-order valence-corrected chi connectivity index (χ0v) is 15.0. The van der Waals surface area contributed by atoms with Gasteiger partial charge in [0.1, 0.15) is 0 Å². The summed E-state index contributed by atoms with van der Waals surface area (Å²) in [6.07, 6.45) is 1.78. The third kappa shape index (κ3) is 4.75. The first kappa shape index (κ1) is 18.3. The maximum absolute atomic E-state index is 12.3. The van der Waals surface area contributed by atoms with Gasteiger partial charge < -0.3 is 4.74 Å². The van der Waals surface area contributed by atoms with E-state index in [2.05, 4.69) is 4.98 Å². The second kappa shape index (κ2) is 7.71. The minimum absolute atomic E-state index is 0.102. The van der Waals surface area contributed by atoms with Gasteiger partial charge in [-0.1, -0.05) is 13.0 Å². The molecule has 0 saturated carbocycles. The van der Waals surface area contributed by atoms with Crippen LogP contribution in [0.3, 0.4) is 0 Å². The molecule has 0 aliphatic carbocycles. The van der Waals surface area contributed by atoms with Crippen molar-refractivity contribution in [2.24, 2.45) is 0 Å². The molecular formula is C15H18N2O5S2. The molecule has 0 aliphatic rings. The molecule has 7 nitrogen and oxygen atoms in total. The monoisotopic (exact) mass is 370 g/mol. The van der Waals surface area contributed by atoms with Crippen LogP contribution in [0.25, 0.3) is 0 Å². The van der Waals surface area contributed by atoms with E-state index in [4.69, 9.17) is 4.74 Å². The predicted molar refractivity (Wildman–Crippen MR) is 92.1 cm³/mol. The summed E-state index contributed by atoms with van der Waals surface area (Å²) in [5.41, 5.74) is 0.627. The number of rotatable bonds is 8. The molecule has 2 aromatic rings. The van der Waals surface area contributed by atoms with E-state index >= 15 is 0 Å². The van der Waals surface area contributed by atoms with Gasteiger partial charge in [-0.15, -0.1) is 11.3 Å². The smallest absolute Gasteiger partial charge is 0.311 e. The molecule has 0 N–H and O–H groups in total. The van der Waals surface area contributed by atoms with Crippen molar-refractivity contribution >= 4 is 26.9 Å².